The van der Waals surface area contributed by atoms with E-state index < -0.39 is 42.0 Å². The molecule has 6 N–H and O–H groups in total. The number of hydrogen-bond donors (Lipinski definition) is 8. The Hall–Kier alpha value is -1.50. The molecule has 3 amide bonds. The Morgan fingerprint density at radius 3 is 1.89 bits per heavy atom. The van der Waals surface area contributed by atoms with Crippen molar-refractivity contribution in [3.8, 4) is 0 Å². The van der Waals surface area contributed by atoms with Crippen LogP contribution in [0.3, 0.4) is 0 Å². The zero-order chi connectivity index (χ0) is 26.2. The Balaban J connectivity index is 2.92. The topological polar surface area (TPSA) is 157 Å². The smallest absolute Gasteiger partial charge is 0.328 e. The molecule has 0 aromatic carbocycles. The number of aliphatic carboxylic acids is 1. The normalized spacial score (nSPS) is 18.8. The Kier molecular flexibility index (Phi) is 16.1. The van der Waals surface area contributed by atoms with Gasteiger partial charge in [-0.05, 0) is 63.5 Å². The summed E-state index contributed by atoms with van der Waals surface area (Å²) in [6.45, 7) is 2.02. The Bertz CT molecular complexity index is 676. The molecule has 1 saturated heterocycles. The fourth-order valence-corrected chi connectivity index (χ4v) is 4.35. The fourth-order valence-electron chi connectivity index (χ4n) is 3.91. The van der Waals surface area contributed by atoms with Crippen LogP contribution in [0.2, 0.25) is 0 Å². The van der Waals surface area contributed by atoms with E-state index in [2.05, 4.69) is 46.5 Å². The summed E-state index contributed by atoms with van der Waals surface area (Å²) in [6.07, 6.45) is 5.69. The zero-order valence-electron chi connectivity index (χ0n) is 20.5. The molecule has 0 radical (unpaired) electrons. The highest BCUT2D eigenvalue weighted by Crippen LogP contribution is 2.11. The van der Waals surface area contributed by atoms with Crippen molar-refractivity contribution < 1.29 is 29.4 Å². The summed E-state index contributed by atoms with van der Waals surface area (Å²) in [5.41, 5.74) is 0. The summed E-state index contributed by atoms with van der Waals surface area (Å²) in [7, 11) is 0. The molecule has 0 spiro atoms. The molecular weight excluding hydrogens is 492 g/mol. The monoisotopic (exact) mass is 534 g/mol. The largest absolute Gasteiger partial charge is 0.480 e. The van der Waals surface area contributed by atoms with E-state index in [1.807, 2.05) is 0 Å². The van der Waals surface area contributed by atoms with Crippen molar-refractivity contribution >= 4 is 48.9 Å². The van der Waals surface area contributed by atoms with Crippen LogP contribution in [0.25, 0.3) is 0 Å². The molecule has 0 aromatic rings. The predicted octanol–water partition coefficient (Wildman–Crippen LogP) is 0.639. The third-order valence-corrected chi connectivity index (χ3v) is 6.62. The highest BCUT2D eigenvalue weighted by atomic mass is 32.1. The third kappa shape index (κ3) is 12.3. The number of nitrogens with one attached hydrogen (secondary N) is 4. The Morgan fingerprint density at radius 2 is 1.43 bits per heavy atom. The first-order chi connectivity index (χ1) is 16.7. The van der Waals surface area contributed by atoms with Crippen molar-refractivity contribution in [2.45, 2.75) is 101 Å². The van der Waals surface area contributed by atoms with Crippen molar-refractivity contribution in [3.05, 3.63) is 0 Å². The van der Waals surface area contributed by atoms with Gasteiger partial charge in [-0.1, -0.05) is 25.7 Å². The third-order valence-electron chi connectivity index (χ3n) is 5.99. The highest BCUT2D eigenvalue weighted by Gasteiger charge is 2.32. The quantitative estimate of drug-likeness (QED) is 0.0947. The van der Waals surface area contributed by atoms with Crippen molar-refractivity contribution in [1.29, 1.82) is 0 Å². The van der Waals surface area contributed by atoms with Crippen LogP contribution >= 0.6 is 25.3 Å². The number of aliphatic hydroxyl groups is 1. The van der Waals surface area contributed by atoms with Gasteiger partial charge in [-0.3, -0.25) is 14.4 Å². The Morgan fingerprint density at radius 1 is 0.886 bits per heavy atom. The number of hydrogen-bond acceptors (Lipinski definition) is 8. The van der Waals surface area contributed by atoms with Gasteiger partial charge in [0, 0.05) is 0 Å². The second kappa shape index (κ2) is 17.9. The van der Waals surface area contributed by atoms with Crippen LogP contribution in [0.15, 0.2) is 0 Å². The van der Waals surface area contributed by atoms with Gasteiger partial charge in [-0.2, -0.15) is 25.3 Å². The van der Waals surface area contributed by atoms with E-state index in [0.717, 1.165) is 44.4 Å². The molecule has 0 saturated carbocycles. The van der Waals surface area contributed by atoms with E-state index in [4.69, 9.17) is 0 Å². The van der Waals surface area contributed by atoms with Gasteiger partial charge >= 0.3 is 5.97 Å². The van der Waals surface area contributed by atoms with Crippen LogP contribution in [0, 0.1) is 0 Å². The van der Waals surface area contributed by atoms with Crippen LogP contribution in [0.4, 0.5) is 0 Å². The van der Waals surface area contributed by atoms with Crippen LogP contribution < -0.4 is 21.3 Å². The molecule has 1 aliphatic heterocycles. The SMILES string of the molecule is C[C@@H](O)[C@H](NC(=O)[C@H](CCCCCS)NC(=O)[C@H](CCCCCS)NC(=O)[C@@H]1CCCN1)C(=O)O. The molecular formula is C23H42N4O6S2. The van der Waals surface area contributed by atoms with Crippen LogP contribution in [0.1, 0.15) is 71.1 Å². The second-order valence-electron chi connectivity index (χ2n) is 8.98. The first-order valence-corrected chi connectivity index (χ1v) is 13.7. The zero-order valence-corrected chi connectivity index (χ0v) is 22.3. The van der Waals surface area contributed by atoms with Crippen molar-refractivity contribution in [1.82, 2.24) is 21.3 Å². The molecule has 1 rings (SSSR count). The van der Waals surface area contributed by atoms with Gasteiger partial charge in [-0.15, -0.1) is 0 Å². The summed E-state index contributed by atoms with van der Waals surface area (Å²) in [5, 5.41) is 30.0. The van der Waals surface area contributed by atoms with Gasteiger partial charge < -0.3 is 31.5 Å². The number of thiol groups is 2. The van der Waals surface area contributed by atoms with Gasteiger partial charge in [0.1, 0.15) is 12.1 Å². The van der Waals surface area contributed by atoms with Gasteiger partial charge in [-0.25, -0.2) is 4.79 Å². The molecule has 0 bridgehead atoms. The van der Waals surface area contributed by atoms with Gasteiger partial charge in [0.2, 0.25) is 17.7 Å². The average Bonchev–Trinajstić information content (AvgIpc) is 3.35. The summed E-state index contributed by atoms with van der Waals surface area (Å²) in [6, 6.07) is -3.65. The van der Waals surface area contributed by atoms with Gasteiger partial charge in [0.05, 0.1) is 12.1 Å². The average molecular weight is 535 g/mol. The van der Waals surface area contributed by atoms with E-state index >= 15 is 0 Å². The Labute approximate surface area is 219 Å². The minimum absolute atomic E-state index is 0.244. The van der Waals surface area contributed by atoms with E-state index in [9.17, 15) is 29.4 Å². The number of aliphatic hydroxyl groups excluding tert-OH is 1. The van der Waals surface area contributed by atoms with Crippen LogP contribution in [-0.4, -0.2) is 82.2 Å². The molecule has 1 aliphatic rings. The predicted molar refractivity (Wildman–Crippen MR) is 141 cm³/mol. The molecule has 1 fully saturated rings. The number of rotatable bonds is 18. The lowest BCUT2D eigenvalue weighted by molar-refractivity contribution is -0.145. The first-order valence-electron chi connectivity index (χ1n) is 12.5. The van der Waals surface area contributed by atoms with E-state index in [-0.39, 0.29) is 11.9 Å². The maximum Gasteiger partial charge on any atom is 0.328 e. The number of unbranched alkanes of at least 4 members (excludes halogenated alkanes) is 4. The van der Waals surface area contributed by atoms with Gasteiger partial charge in [0.15, 0.2) is 6.04 Å². The van der Waals surface area contributed by atoms with Crippen LogP contribution in [-0.2, 0) is 19.2 Å². The number of amides is 3. The van der Waals surface area contributed by atoms with E-state index in [1.165, 1.54) is 6.92 Å². The lowest BCUT2D eigenvalue weighted by Gasteiger charge is -2.26. The summed E-state index contributed by atoms with van der Waals surface area (Å²) < 4.78 is 0. The molecule has 0 aliphatic carbocycles. The minimum Gasteiger partial charge on any atom is -0.480 e. The second-order valence-corrected chi connectivity index (χ2v) is 9.88. The maximum atomic E-state index is 13.2. The molecule has 0 aromatic heterocycles. The lowest BCUT2D eigenvalue weighted by atomic mass is 10.0. The number of carbonyl (C=O) groups excluding carboxylic acids is 3. The van der Waals surface area contributed by atoms with E-state index in [0.29, 0.717) is 37.9 Å². The minimum atomic E-state index is -1.50. The number of carbonyl (C=O) groups is 4. The standard InChI is InChI=1S/C23H42N4O6S2/c1-15(28)19(23(32)33)27-22(31)18(10-5-3-7-14-35)26-21(30)17(9-4-2-6-13-34)25-20(29)16-11-8-12-24-16/h15-19,24,28,34-35H,2-14H2,1H3,(H,25,29)(H,26,30)(H,27,31)(H,32,33)/t15-,16+,17+,18+,19+/m1/s1. The lowest BCUT2D eigenvalue weighted by Crippen LogP contribution is -2.58. The van der Waals surface area contributed by atoms with Crippen LogP contribution in [0.5, 0.6) is 0 Å². The molecule has 0 unspecified atom stereocenters. The fraction of sp³-hybridized carbons (Fsp3) is 0.826. The van der Waals surface area contributed by atoms with E-state index in [1.54, 1.807) is 0 Å². The summed E-state index contributed by atoms with van der Waals surface area (Å²) in [5.74, 6) is -1.35. The first kappa shape index (κ1) is 31.5. The van der Waals surface area contributed by atoms with Crippen molar-refractivity contribution in [3.63, 3.8) is 0 Å². The number of carboxylic acids is 1. The summed E-state index contributed by atoms with van der Waals surface area (Å²) in [4.78, 5) is 50.2. The highest BCUT2D eigenvalue weighted by molar-refractivity contribution is 7.80. The maximum absolute atomic E-state index is 13.2. The molecule has 5 atom stereocenters. The molecule has 1 heterocycles. The van der Waals surface area contributed by atoms with Gasteiger partial charge in [0.25, 0.3) is 0 Å². The number of carboxylic acid groups (broad SMARTS) is 1. The molecule has 202 valence electrons. The summed E-state index contributed by atoms with van der Waals surface area (Å²) >= 11 is 8.39. The van der Waals surface area contributed by atoms with Crippen molar-refractivity contribution in [2.75, 3.05) is 18.1 Å². The molecule has 12 heteroatoms. The molecule has 35 heavy (non-hydrogen) atoms. The molecule has 10 nitrogen and oxygen atoms in total. The van der Waals surface area contributed by atoms with Crippen molar-refractivity contribution in [2.24, 2.45) is 0 Å².